The van der Waals surface area contributed by atoms with Gasteiger partial charge in [0.1, 0.15) is 0 Å². The summed E-state index contributed by atoms with van der Waals surface area (Å²) in [6.45, 7) is 0. The van der Waals surface area contributed by atoms with Gasteiger partial charge >= 0.3 is 0 Å². The van der Waals surface area contributed by atoms with Gasteiger partial charge in [-0.3, -0.25) is 0 Å². The molecule has 0 unspecified atom stereocenters. The molecule has 2 aliphatic heterocycles. The summed E-state index contributed by atoms with van der Waals surface area (Å²) in [5.41, 5.74) is 11.4. The van der Waals surface area contributed by atoms with E-state index >= 15 is 0 Å². The first kappa shape index (κ1) is 22.3. The van der Waals surface area contributed by atoms with E-state index in [4.69, 9.17) is 0 Å². The van der Waals surface area contributed by atoms with E-state index in [2.05, 4.69) is 137 Å². The molecule has 0 saturated heterocycles. The third kappa shape index (κ3) is 3.30. The van der Waals surface area contributed by atoms with E-state index in [1.807, 2.05) is 11.8 Å². The molecule has 1 N–H and O–H groups in total. The smallest absolute Gasteiger partial charge is 0.0891 e. The number of nitrogens with one attached hydrogen (secondary N) is 1. The summed E-state index contributed by atoms with van der Waals surface area (Å²) >= 11 is 1.85. The van der Waals surface area contributed by atoms with E-state index in [0.29, 0.717) is 0 Å². The van der Waals surface area contributed by atoms with Crippen molar-refractivity contribution >= 4 is 70.5 Å². The first-order valence-electron chi connectivity index (χ1n) is 13.7. The molecule has 0 aliphatic carbocycles. The molecule has 0 spiro atoms. The molecule has 4 heteroatoms. The molecule has 9 rings (SSSR count). The minimum atomic E-state index is -0.430. The number of para-hydroxylation sites is 2. The van der Waals surface area contributed by atoms with E-state index in [1.54, 1.807) is 10.4 Å². The Morgan fingerprint density at radius 2 is 1.20 bits per heavy atom. The van der Waals surface area contributed by atoms with Crippen LogP contribution in [-0.4, -0.2) is 14.5 Å². The van der Waals surface area contributed by atoms with Crippen molar-refractivity contribution in [1.29, 1.82) is 0 Å². The second kappa shape index (κ2) is 8.49. The summed E-state index contributed by atoms with van der Waals surface area (Å²) in [5.74, 6) is 0. The number of fused-ring (bicyclic) bond motifs is 8. The van der Waals surface area contributed by atoms with Crippen LogP contribution >= 0.6 is 11.8 Å². The van der Waals surface area contributed by atoms with Gasteiger partial charge in [-0.15, -0.1) is 0 Å². The Hall–Kier alpha value is -4.51. The van der Waals surface area contributed by atoms with Crippen molar-refractivity contribution in [3.8, 4) is 22.3 Å². The third-order valence-corrected chi connectivity index (χ3v) is 11.5. The largest absolute Gasteiger partial charge is 0.354 e. The van der Waals surface area contributed by atoms with E-state index in [-0.39, 0.29) is 0 Å². The second-order valence-corrected chi connectivity index (χ2v) is 13.7. The third-order valence-electron chi connectivity index (χ3n) is 8.40. The highest BCUT2D eigenvalue weighted by atomic mass is 32.2. The fourth-order valence-electron chi connectivity index (χ4n) is 6.50. The van der Waals surface area contributed by atoms with Crippen LogP contribution in [0.15, 0.2) is 137 Å². The zero-order chi connectivity index (χ0) is 26.2. The van der Waals surface area contributed by atoms with Gasteiger partial charge in [-0.2, -0.15) is 0 Å². The number of rotatable bonds is 2. The first-order valence-corrected chi connectivity index (χ1v) is 16.0. The highest BCUT2D eigenvalue weighted by Gasteiger charge is 2.24. The molecule has 1 aromatic heterocycles. The van der Waals surface area contributed by atoms with Crippen molar-refractivity contribution in [3.63, 3.8) is 0 Å². The van der Waals surface area contributed by atoms with Crippen molar-refractivity contribution in [2.75, 3.05) is 4.90 Å². The van der Waals surface area contributed by atoms with Crippen LogP contribution in [0, 0.1) is 0 Å². The van der Waals surface area contributed by atoms with Crippen LogP contribution in [0.5, 0.6) is 0 Å². The van der Waals surface area contributed by atoms with Gasteiger partial charge in [-0.25, -0.2) is 0 Å². The number of nitrogens with zero attached hydrogens (tertiary/aromatic N) is 1. The molecule has 2 aliphatic rings. The van der Waals surface area contributed by atoms with Gasteiger partial charge in [0.05, 0.1) is 20.9 Å². The zero-order valence-corrected chi connectivity index (χ0v) is 23.9. The molecule has 0 radical (unpaired) electrons. The Morgan fingerprint density at radius 1 is 0.525 bits per heavy atom. The molecule has 0 atom stereocenters. The quantitative estimate of drug-likeness (QED) is 0.222. The van der Waals surface area contributed by atoms with Crippen molar-refractivity contribution in [2.45, 2.75) is 9.79 Å². The minimum Gasteiger partial charge on any atom is -0.354 e. The van der Waals surface area contributed by atoms with E-state index < -0.39 is 9.52 Å². The molecule has 2 nitrogen and oxygen atoms in total. The van der Waals surface area contributed by atoms with Crippen LogP contribution in [-0.2, 0) is 0 Å². The highest BCUT2D eigenvalue weighted by Crippen LogP contribution is 2.51. The number of hydrogen-bond donors (Lipinski definition) is 1. The number of hydrogen-bond acceptors (Lipinski definition) is 2. The predicted molar refractivity (Wildman–Crippen MR) is 173 cm³/mol. The average Bonchev–Trinajstić information content (AvgIpc) is 3.55. The number of benzene rings is 6. The molecule has 6 aromatic carbocycles. The summed E-state index contributed by atoms with van der Waals surface area (Å²) in [5, 5.41) is 5.77. The van der Waals surface area contributed by atoms with Gasteiger partial charge in [-0.1, -0.05) is 94.9 Å². The van der Waals surface area contributed by atoms with Gasteiger partial charge in [0.25, 0.3) is 0 Å². The maximum atomic E-state index is 3.69. The lowest BCUT2D eigenvalue weighted by Crippen LogP contribution is -2.20. The summed E-state index contributed by atoms with van der Waals surface area (Å²) in [4.78, 5) is 8.65. The van der Waals surface area contributed by atoms with E-state index in [0.717, 1.165) is 0 Å². The fourth-order valence-corrected chi connectivity index (χ4v) is 9.51. The molecule has 7 aromatic rings. The van der Waals surface area contributed by atoms with Crippen LogP contribution in [0.4, 0.5) is 17.1 Å². The van der Waals surface area contributed by atoms with Gasteiger partial charge < -0.3 is 9.88 Å². The van der Waals surface area contributed by atoms with Crippen LogP contribution < -0.4 is 15.3 Å². The van der Waals surface area contributed by atoms with Crippen molar-refractivity contribution in [1.82, 2.24) is 4.98 Å². The normalized spacial score (nSPS) is 13.8. The van der Waals surface area contributed by atoms with Crippen molar-refractivity contribution < 1.29 is 0 Å². The van der Waals surface area contributed by atoms with Gasteiger partial charge in [0.2, 0.25) is 0 Å². The van der Waals surface area contributed by atoms with Crippen molar-refractivity contribution in [2.24, 2.45) is 0 Å². The molecule has 0 saturated carbocycles. The Kier molecular flexibility index (Phi) is 4.74. The molecule has 0 fully saturated rings. The monoisotopic (exact) mass is 544 g/mol. The summed E-state index contributed by atoms with van der Waals surface area (Å²) in [6, 6.07) is 47.0. The van der Waals surface area contributed by atoms with Gasteiger partial charge in [0, 0.05) is 37.3 Å². The predicted octanol–water partition coefficient (Wildman–Crippen LogP) is 8.02. The summed E-state index contributed by atoms with van der Waals surface area (Å²) < 4.78 is 0. The Bertz CT molecular complexity index is 2080. The summed E-state index contributed by atoms with van der Waals surface area (Å²) in [6.07, 6.45) is 0. The molecule has 0 bridgehead atoms. The van der Waals surface area contributed by atoms with Crippen LogP contribution in [0.25, 0.3) is 44.1 Å². The average molecular weight is 545 g/mol. The van der Waals surface area contributed by atoms with Crippen LogP contribution in [0.3, 0.4) is 0 Å². The minimum absolute atomic E-state index is 0.430. The molecular weight excluding hydrogens is 521 g/mol. The molecule has 0 amide bonds. The van der Waals surface area contributed by atoms with E-state index in [1.165, 1.54) is 70.9 Å². The molecule has 188 valence electrons. The molecule has 40 heavy (non-hydrogen) atoms. The fraction of sp³-hybridized carbons (Fsp3) is 0. The topological polar surface area (TPSA) is 19.0 Å². The van der Waals surface area contributed by atoms with Crippen molar-refractivity contribution in [3.05, 3.63) is 127 Å². The highest BCUT2D eigenvalue weighted by molar-refractivity contribution is 7.99. The van der Waals surface area contributed by atoms with Gasteiger partial charge in [0.15, 0.2) is 0 Å². The maximum absolute atomic E-state index is 3.69. The standard InChI is InChI=1S/C36H24N2SSi/c1-6-12-35-25(7-1)28-20-30-27(21-36(28)40-35)26-19-23(15-18-29(26)37-30)22-13-16-24(17-14-22)38-31-8-2-4-10-33(31)39-34-11-5-3-9-32(34)38/h1-21,37H,40H2. The maximum Gasteiger partial charge on any atom is 0.0891 e. The second-order valence-electron chi connectivity index (χ2n) is 10.7. The molecule has 3 heterocycles. The Balaban J connectivity index is 1.12. The lowest BCUT2D eigenvalue weighted by atomic mass is 10.0. The number of aromatic amines is 1. The number of anilines is 3. The Morgan fingerprint density at radius 3 is 2.00 bits per heavy atom. The lowest BCUT2D eigenvalue weighted by Gasteiger charge is -2.32. The zero-order valence-electron chi connectivity index (χ0n) is 21.7. The van der Waals surface area contributed by atoms with Crippen LogP contribution in [0.2, 0.25) is 0 Å². The van der Waals surface area contributed by atoms with Crippen LogP contribution in [0.1, 0.15) is 0 Å². The lowest BCUT2D eigenvalue weighted by molar-refractivity contribution is 1.17. The Labute approximate surface area is 239 Å². The number of aromatic nitrogens is 1. The molecular formula is C36H24N2SSi. The summed E-state index contributed by atoms with van der Waals surface area (Å²) in [7, 11) is -0.430. The first-order chi connectivity index (χ1) is 19.8. The van der Waals surface area contributed by atoms with E-state index in [9.17, 15) is 0 Å². The number of H-pyrrole nitrogens is 1. The SMILES string of the molecule is c1ccc2c(c1)[SiH2]c1cc3c(cc1-2)[nH]c1ccc(-c2ccc(N4c5ccccc5Sc5ccccc54)cc2)cc13. The van der Waals surface area contributed by atoms with Gasteiger partial charge in [-0.05, 0) is 76.9 Å².